The molecular weight excluding hydrogens is 340 g/mol. The summed E-state index contributed by atoms with van der Waals surface area (Å²) in [5.74, 6) is -0.239. The van der Waals surface area contributed by atoms with E-state index in [2.05, 4.69) is 15.9 Å². The highest BCUT2D eigenvalue weighted by atomic mass is 79.9. The van der Waals surface area contributed by atoms with E-state index in [1.54, 1.807) is 12.0 Å². The second-order valence-electron chi connectivity index (χ2n) is 4.67. The summed E-state index contributed by atoms with van der Waals surface area (Å²) in [4.78, 5) is 24.7. The van der Waals surface area contributed by atoms with Crippen molar-refractivity contribution >= 4 is 27.5 Å². The second kappa shape index (κ2) is 8.09. The zero-order valence-electron chi connectivity index (χ0n) is 12.3. The number of rotatable bonds is 7. The standard InChI is InChI=1S/C14H19BrN2O4/c1-4-10(2)16(7-8-21-3)14(18)12-9-11(17(19)20)5-6-13(12)15/h5-6,9-10H,4,7-8H2,1-3H3. The summed E-state index contributed by atoms with van der Waals surface area (Å²) < 4.78 is 5.58. The van der Waals surface area contributed by atoms with Gasteiger partial charge in [0.1, 0.15) is 0 Å². The van der Waals surface area contributed by atoms with Crippen molar-refractivity contribution in [3.05, 3.63) is 38.3 Å². The molecule has 0 saturated heterocycles. The molecule has 0 spiro atoms. The molecular formula is C14H19BrN2O4. The van der Waals surface area contributed by atoms with Crippen molar-refractivity contribution in [1.82, 2.24) is 4.90 Å². The Labute approximate surface area is 132 Å². The minimum atomic E-state index is -0.508. The van der Waals surface area contributed by atoms with E-state index in [0.29, 0.717) is 23.2 Å². The van der Waals surface area contributed by atoms with E-state index in [1.807, 2.05) is 13.8 Å². The summed E-state index contributed by atoms with van der Waals surface area (Å²) in [6.07, 6.45) is 0.794. The number of non-ortho nitro benzene ring substituents is 1. The first-order chi connectivity index (χ1) is 9.92. The Hall–Kier alpha value is -1.47. The van der Waals surface area contributed by atoms with Crippen LogP contribution in [-0.4, -0.2) is 42.0 Å². The lowest BCUT2D eigenvalue weighted by Gasteiger charge is -2.28. The van der Waals surface area contributed by atoms with Crippen LogP contribution in [0.4, 0.5) is 5.69 Å². The second-order valence-corrected chi connectivity index (χ2v) is 5.52. The zero-order chi connectivity index (χ0) is 16.0. The van der Waals surface area contributed by atoms with Crippen molar-refractivity contribution in [2.24, 2.45) is 0 Å². The largest absolute Gasteiger partial charge is 0.383 e. The number of carbonyl (C=O) groups is 1. The van der Waals surface area contributed by atoms with Gasteiger partial charge in [0.05, 0.1) is 17.1 Å². The van der Waals surface area contributed by atoms with Gasteiger partial charge in [0.15, 0.2) is 0 Å². The van der Waals surface area contributed by atoms with Crippen molar-refractivity contribution in [2.75, 3.05) is 20.3 Å². The Morgan fingerprint density at radius 3 is 2.71 bits per heavy atom. The molecule has 1 atom stereocenters. The number of nitrogens with zero attached hydrogens (tertiary/aromatic N) is 2. The fourth-order valence-electron chi connectivity index (χ4n) is 1.88. The molecule has 0 aliphatic carbocycles. The van der Waals surface area contributed by atoms with Gasteiger partial charge in [-0.15, -0.1) is 0 Å². The Balaban J connectivity index is 3.12. The molecule has 0 aliphatic heterocycles. The molecule has 0 N–H and O–H groups in total. The topological polar surface area (TPSA) is 72.7 Å². The Bertz CT molecular complexity index is 522. The van der Waals surface area contributed by atoms with Crippen LogP contribution in [0.3, 0.4) is 0 Å². The van der Waals surface area contributed by atoms with E-state index in [1.165, 1.54) is 18.2 Å². The van der Waals surface area contributed by atoms with E-state index in [0.717, 1.165) is 6.42 Å². The predicted octanol–water partition coefficient (Wildman–Crippen LogP) is 3.24. The molecule has 0 aromatic heterocycles. The lowest BCUT2D eigenvalue weighted by molar-refractivity contribution is -0.384. The molecule has 1 aromatic rings. The molecule has 21 heavy (non-hydrogen) atoms. The quantitative estimate of drug-likeness (QED) is 0.553. The first kappa shape index (κ1) is 17.6. The van der Waals surface area contributed by atoms with Gasteiger partial charge in [0.25, 0.3) is 11.6 Å². The highest BCUT2D eigenvalue weighted by Crippen LogP contribution is 2.24. The number of nitro benzene ring substituents is 1. The smallest absolute Gasteiger partial charge is 0.270 e. The molecule has 116 valence electrons. The lowest BCUT2D eigenvalue weighted by Crippen LogP contribution is -2.40. The summed E-state index contributed by atoms with van der Waals surface area (Å²) in [6.45, 7) is 4.79. The molecule has 0 radical (unpaired) electrons. The van der Waals surface area contributed by atoms with E-state index < -0.39 is 4.92 Å². The van der Waals surface area contributed by atoms with Crippen molar-refractivity contribution in [2.45, 2.75) is 26.3 Å². The molecule has 0 heterocycles. The molecule has 0 bridgehead atoms. The monoisotopic (exact) mass is 358 g/mol. The number of hydrogen-bond acceptors (Lipinski definition) is 4. The third kappa shape index (κ3) is 4.50. The maximum absolute atomic E-state index is 12.7. The molecule has 0 aliphatic rings. The minimum Gasteiger partial charge on any atom is -0.383 e. The van der Waals surface area contributed by atoms with Crippen LogP contribution in [0.5, 0.6) is 0 Å². The number of nitro groups is 1. The number of hydrogen-bond donors (Lipinski definition) is 0. The number of halogens is 1. The summed E-state index contributed by atoms with van der Waals surface area (Å²) in [6, 6.07) is 4.22. The average Bonchev–Trinajstić information content (AvgIpc) is 2.47. The van der Waals surface area contributed by atoms with Gasteiger partial charge in [0, 0.05) is 36.3 Å². The predicted molar refractivity (Wildman–Crippen MR) is 83.5 cm³/mol. The van der Waals surface area contributed by atoms with Gasteiger partial charge in [-0.25, -0.2) is 0 Å². The Morgan fingerprint density at radius 2 is 2.19 bits per heavy atom. The maximum atomic E-state index is 12.7. The molecule has 1 amide bonds. The van der Waals surface area contributed by atoms with E-state index >= 15 is 0 Å². The minimum absolute atomic E-state index is 0.0267. The number of carbonyl (C=O) groups excluding carboxylic acids is 1. The van der Waals surface area contributed by atoms with Crippen LogP contribution in [0.2, 0.25) is 0 Å². The van der Waals surface area contributed by atoms with Crippen LogP contribution in [-0.2, 0) is 4.74 Å². The number of benzene rings is 1. The van der Waals surface area contributed by atoms with Crippen LogP contribution < -0.4 is 0 Å². The molecule has 6 nitrogen and oxygen atoms in total. The van der Waals surface area contributed by atoms with Gasteiger partial charge >= 0.3 is 0 Å². The Kier molecular flexibility index (Phi) is 6.77. The van der Waals surface area contributed by atoms with E-state index in [9.17, 15) is 14.9 Å². The van der Waals surface area contributed by atoms with Gasteiger partial charge in [-0.1, -0.05) is 6.92 Å². The van der Waals surface area contributed by atoms with Gasteiger partial charge in [-0.3, -0.25) is 14.9 Å². The summed E-state index contributed by atoms with van der Waals surface area (Å²) in [5.41, 5.74) is 0.193. The van der Waals surface area contributed by atoms with Crippen molar-refractivity contribution in [3.63, 3.8) is 0 Å². The summed E-state index contributed by atoms with van der Waals surface area (Å²) >= 11 is 3.29. The van der Waals surface area contributed by atoms with Gasteiger partial charge in [-0.05, 0) is 35.3 Å². The summed E-state index contributed by atoms with van der Waals surface area (Å²) in [5, 5.41) is 10.9. The number of ether oxygens (including phenoxy) is 1. The highest BCUT2D eigenvalue weighted by molar-refractivity contribution is 9.10. The number of amides is 1. The van der Waals surface area contributed by atoms with Crippen LogP contribution in [0.25, 0.3) is 0 Å². The van der Waals surface area contributed by atoms with E-state index in [4.69, 9.17) is 4.74 Å². The van der Waals surface area contributed by atoms with Gasteiger partial charge in [0.2, 0.25) is 0 Å². The SMILES string of the molecule is CCC(C)N(CCOC)C(=O)c1cc([N+](=O)[O-])ccc1Br. The molecule has 0 fully saturated rings. The lowest BCUT2D eigenvalue weighted by atomic mass is 10.1. The number of methoxy groups -OCH3 is 1. The third-order valence-electron chi connectivity index (χ3n) is 3.31. The zero-order valence-corrected chi connectivity index (χ0v) is 13.9. The van der Waals surface area contributed by atoms with Crippen LogP contribution in [0, 0.1) is 10.1 Å². The first-order valence-corrected chi connectivity index (χ1v) is 7.45. The van der Waals surface area contributed by atoms with Crippen molar-refractivity contribution in [1.29, 1.82) is 0 Å². The van der Waals surface area contributed by atoms with Crippen LogP contribution in [0.15, 0.2) is 22.7 Å². The van der Waals surface area contributed by atoms with E-state index in [-0.39, 0.29) is 17.6 Å². The molecule has 1 unspecified atom stereocenters. The molecule has 1 aromatic carbocycles. The van der Waals surface area contributed by atoms with Crippen LogP contribution in [0.1, 0.15) is 30.6 Å². The average molecular weight is 359 g/mol. The maximum Gasteiger partial charge on any atom is 0.270 e. The first-order valence-electron chi connectivity index (χ1n) is 6.66. The summed E-state index contributed by atoms with van der Waals surface area (Å²) in [7, 11) is 1.57. The van der Waals surface area contributed by atoms with Crippen LogP contribution >= 0.6 is 15.9 Å². The fraction of sp³-hybridized carbons (Fsp3) is 0.500. The van der Waals surface area contributed by atoms with Gasteiger partial charge in [-0.2, -0.15) is 0 Å². The van der Waals surface area contributed by atoms with Crippen molar-refractivity contribution < 1.29 is 14.5 Å². The molecule has 1 rings (SSSR count). The van der Waals surface area contributed by atoms with Gasteiger partial charge < -0.3 is 9.64 Å². The third-order valence-corrected chi connectivity index (χ3v) is 4.00. The normalized spacial score (nSPS) is 12.0. The fourth-order valence-corrected chi connectivity index (χ4v) is 2.29. The molecule has 0 saturated carbocycles. The van der Waals surface area contributed by atoms with Crippen molar-refractivity contribution in [3.8, 4) is 0 Å². The molecule has 7 heteroatoms. The highest BCUT2D eigenvalue weighted by Gasteiger charge is 2.24. The Morgan fingerprint density at radius 1 is 1.52 bits per heavy atom.